The molecule has 1 N–H and O–H groups in total. The van der Waals surface area contributed by atoms with Gasteiger partial charge < -0.3 is 10.1 Å². The summed E-state index contributed by atoms with van der Waals surface area (Å²) >= 11 is 0. The molecule has 0 aromatic carbocycles. The second-order valence-corrected chi connectivity index (χ2v) is 3.23. The highest BCUT2D eigenvalue weighted by Crippen LogP contribution is 2.23. The van der Waals surface area contributed by atoms with Gasteiger partial charge in [-0.2, -0.15) is 0 Å². The van der Waals surface area contributed by atoms with Crippen molar-refractivity contribution in [3.8, 4) is 0 Å². The number of halogens is 1. The first kappa shape index (κ1) is 11.1. The molecule has 1 aliphatic rings. The Kier molecular flexibility index (Phi) is 3.57. The summed E-state index contributed by atoms with van der Waals surface area (Å²) in [6.45, 7) is 2.12. The van der Waals surface area contributed by atoms with Gasteiger partial charge in [-0.1, -0.05) is 0 Å². The lowest BCUT2D eigenvalue weighted by atomic mass is 9.96. The van der Waals surface area contributed by atoms with Crippen LogP contribution in [0.25, 0.3) is 0 Å². The van der Waals surface area contributed by atoms with Crippen LogP contribution >= 0.6 is 0 Å². The molecule has 1 fully saturated rings. The van der Waals surface area contributed by atoms with Gasteiger partial charge in [-0.15, -0.1) is 0 Å². The maximum absolute atomic E-state index is 13.9. The third-order valence-electron chi connectivity index (χ3n) is 2.20. The van der Waals surface area contributed by atoms with Gasteiger partial charge in [-0.3, -0.25) is 4.79 Å². The third kappa shape index (κ3) is 2.09. The predicted octanol–water partition coefficient (Wildman–Crippen LogP) is 0.210. The Hall–Kier alpha value is -0.970. The zero-order valence-electron chi connectivity index (χ0n) is 8.14. The molecule has 4 nitrogen and oxygen atoms in total. The zero-order valence-corrected chi connectivity index (χ0v) is 8.14. The maximum atomic E-state index is 13.9. The smallest absolute Gasteiger partial charge is 0.351 e. The SMILES string of the molecule is CCOC(=O)C1(F)CCCNCC1=O. The molecule has 14 heavy (non-hydrogen) atoms. The van der Waals surface area contributed by atoms with Crippen LogP contribution in [0.4, 0.5) is 4.39 Å². The second kappa shape index (κ2) is 4.50. The van der Waals surface area contributed by atoms with Crippen LogP contribution in [0.1, 0.15) is 19.8 Å². The van der Waals surface area contributed by atoms with E-state index >= 15 is 0 Å². The van der Waals surface area contributed by atoms with E-state index in [1.807, 2.05) is 0 Å². The Labute approximate surface area is 81.8 Å². The number of nitrogens with one attached hydrogen (secondary N) is 1. The number of esters is 1. The molecule has 1 unspecified atom stereocenters. The van der Waals surface area contributed by atoms with Crippen LogP contribution in [-0.2, 0) is 14.3 Å². The van der Waals surface area contributed by atoms with E-state index in [0.717, 1.165) is 0 Å². The summed E-state index contributed by atoms with van der Waals surface area (Å²) in [7, 11) is 0. The lowest BCUT2D eigenvalue weighted by molar-refractivity contribution is -0.162. The number of rotatable bonds is 2. The molecule has 80 valence electrons. The van der Waals surface area contributed by atoms with Crippen molar-refractivity contribution in [2.75, 3.05) is 19.7 Å². The number of alkyl halides is 1. The van der Waals surface area contributed by atoms with Gasteiger partial charge in [0.2, 0.25) is 0 Å². The standard InChI is InChI=1S/C9H14FNO3/c1-2-14-8(13)9(10)4-3-5-11-6-7(9)12/h11H,2-6H2,1H3. The molecule has 0 bridgehead atoms. The summed E-state index contributed by atoms with van der Waals surface area (Å²) in [6.07, 6.45) is 0.374. The largest absolute Gasteiger partial charge is 0.463 e. The quantitative estimate of drug-likeness (QED) is 0.515. The van der Waals surface area contributed by atoms with Gasteiger partial charge in [0, 0.05) is 6.42 Å². The average Bonchev–Trinajstić information content (AvgIpc) is 2.31. The van der Waals surface area contributed by atoms with Crippen molar-refractivity contribution >= 4 is 11.8 Å². The van der Waals surface area contributed by atoms with Crippen molar-refractivity contribution in [1.82, 2.24) is 5.32 Å². The van der Waals surface area contributed by atoms with Crippen LogP contribution in [0.15, 0.2) is 0 Å². The minimum Gasteiger partial charge on any atom is -0.463 e. The highest BCUT2D eigenvalue weighted by atomic mass is 19.1. The highest BCUT2D eigenvalue weighted by molar-refractivity contribution is 6.08. The molecule has 0 saturated carbocycles. The first-order valence-corrected chi connectivity index (χ1v) is 4.71. The second-order valence-electron chi connectivity index (χ2n) is 3.23. The van der Waals surface area contributed by atoms with Crippen molar-refractivity contribution < 1.29 is 18.7 Å². The molecule has 0 radical (unpaired) electrons. The number of ether oxygens (including phenoxy) is 1. The summed E-state index contributed by atoms with van der Waals surface area (Å²) in [6, 6.07) is 0. The summed E-state index contributed by atoms with van der Waals surface area (Å²) < 4.78 is 18.5. The van der Waals surface area contributed by atoms with Crippen LogP contribution in [0.5, 0.6) is 0 Å². The summed E-state index contributed by atoms with van der Waals surface area (Å²) in [5, 5.41) is 2.75. The lowest BCUT2D eigenvalue weighted by Crippen LogP contribution is -2.45. The molecule has 1 aliphatic heterocycles. The fraction of sp³-hybridized carbons (Fsp3) is 0.778. The summed E-state index contributed by atoms with van der Waals surface area (Å²) in [5.41, 5.74) is -2.43. The van der Waals surface area contributed by atoms with Crippen molar-refractivity contribution in [2.24, 2.45) is 0 Å². The molecule has 1 saturated heterocycles. The molecule has 1 rings (SSSR count). The predicted molar refractivity (Wildman–Crippen MR) is 47.6 cm³/mol. The molecular weight excluding hydrogens is 189 g/mol. The van der Waals surface area contributed by atoms with Crippen molar-refractivity contribution in [3.05, 3.63) is 0 Å². The molecule has 0 aromatic rings. The van der Waals surface area contributed by atoms with Gasteiger partial charge in [0.05, 0.1) is 13.2 Å². The van der Waals surface area contributed by atoms with E-state index in [4.69, 9.17) is 0 Å². The first-order chi connectivity index (χ1) is 6.61. The number of ketones is 1. The van der Waals surface area contributed by atoms with E-state index in [1.165, 1.54) is 0 Å². The lowest BCUT2D eigenvalue weighted by Gasteiger charge is -2.18. The van der Waals surface area contributed by atoms with E-state index < -0.39 is 17.4 Å². The molecular formula is C9H14FNO3. The number of hydrogen-bond donors (Lipinski definition) is 1. The number of Topliss-reactive ketones (excluding diaryl/α,β-unsaturated/α-hetero) is 1. The fourth-order valence-corrected chi connectivity index (χ4v) is 1.40. The monoisotopic (exact) mass is 203 g/mol. The van der Waals surface area contributed by atoms with Gasteiger partial charge in [0.25, 0.3) is 5.67 Å². The Morgan fingerprint density at radius 3 is 3.07 bits per heavy atom. The van der Waals surface area contributed by atoms with Gasteiger partial charge in [0.15, 0.2) is 5.78 Å². The van der Waals surface area contributed by atoms with Crippen LogP contribution in [0.2, 0.25) is 0 Å². The molecule has 1 atom stereocenters. The van der Waals surface area contributed by atoms with E-state index in [1.54, 1.807) is 6.92 Å². The first-order valence-electron chi connectivity index (χ1n) is 4.71. The zero-order chi connectivity index (χ0) is 10.6. The van der Waals surface area contributed by atoms with E-state index in [-0.39, 0.29) is 19.6 Å². The Morgan fingerprint density at radius 1 is 1.71 bits per heavy atom. The third-order valence-corrected chi connectivity index (χ3v) is 2.20. The van der Waals surface area contributed by atoms with Gasteiger partial charge in [0.1, 0.15) is 0 Å². The van der Waals surface area contributed by atoms with Crippen LogP contribution in [-0.4, -0.2) is 37.1 Å². The summed E-state index contributed by atoms with van der Waals surface area (Å²) in [4.78, 5) is 22.6. The molecule has 0 aromatic heterocycles. The number of carbonyl (C=O) groups is 2. The van der Waals surface area contributed by atoms with Crippen LogP contribution in [0.3, 0.4) is 0 Å². The van der Waals surface area contributed by atoms with Crippen LogP contribution in [0, 0.1) is 0 Å². The number of hydrogen-bond acceptors (Lipinski definition) is 4. The molecule has 0 amide bonds. The fourth-order valence-electron chi connectivity index (χ4n) is 1.40. The van der Waals surface area contributed by atoms with E-state index in [2.05, 4.69) is 10.1 Å². The molecule has 0 spiro atoms. The van der Waals surface area contributed by atoms with Gasteiger partial charge in [-0.25, -0.2) is 9.18 Å². The summed E-state index contributed by atoms with van der Waals surface area (Å²) in [5.74, 6) is -1.78. The van der Waals surface area contributed by atoms with Crippen molar-refractivity contribution in [3.63, 3.8) is 0 Å². The van der Waals surface area contributed by atoms with Gasteiger partial charge >= 0.3 is 5.97 Å². The normalized spacial score (nSPS) is 28.3. The maximum Gasteiger partial charge on any atom is 0.351 e. The van der Waals surface area contributed by atoms with Gasteiger partial charge in [-0.05, 0) is 19.9 Å². The minimum absolute atomic E-state index is 0.0856. The van der Waals surface area contributed by atoms with Crippen molar-refractivity contribution in [1.29, 1.82) is 0 Å². The topological polar surface area (TPSA) is 55.4 Å². The molecule has 5 heteroatoms. The molecule has 1 heterocycles. The minimum atomic E-state index is -2.43. The Bertz CT molecular complexity index is 244. The Morgan fingerprint density at radius 2 is 2.43 bits per heavy atom. The van der Waals surface area contributed by atoms with Crippen molar-refractivity contribution in [2.45, 2.75) is 25.4 Å². The highest BCUT2D eigenvalue weighted by Gasteiger charge is 2.47. The molecule has 0 aliphatic carbocycles. The number of carbonyl (C=O) groups excluding carboxylic acids is 2. The van der Waals surface area contributed by atoms with E-state index in [9.17, 15) is 14.0 Å². The van der Waals surface area contributed by atoms with E-state index in [0.29, 0.717) is 13.0 Å². The Balaban J connectivity index is 2.76. The van der Waals surface area contributed by atoms with Crippen LogP contribution < -0.4 is 5.32 Å². The average molecular weight is 203 g/mol.